The third kappa shape index (κ3) is 1.34. The minimum Gasteiger partial charge on any atom is -0.477 e. The standard InChI is InChI=1S/C6H2ClNO2S/c1-8-3-2-11-5(4(3)7)6(9)10/h2H,(H,9,10). The maximum Gasteiger partial charge on any atom is 0.346 e. The van der Waals surface area contributed by atoms with E-state index in [-0.39, 0.29) is 15.6 Å². The molecule has 0 aliphatic rings. The third-order valence-electron chi connectivity index (χ3n) is 1.03. The number of nitrogens with zero attached hydrogens (tertiary/aromatic N) is 1. The number of halogens is 1. The molecule has 0 saturated heterocycles. The zero-order chi connectivity index (χ0) is 8.43. The van der Waals surface area contributed by atoms with E-state index < -0.39 is 5.97 Å². The highest BCUT2D eigenvalue weighted by Gasteiger charge is 2.14. The van der Waals surface area contributed by atoms with E-state index in [0.29, 0.717) is 0 Å². The Kier molecular flexibility index (Phi) is 2.13. The van der Waals surface area contributed by atoms with Gasteiger partial charge in [0.1, 0.15) is 4.88 Å². The van der Waals surface area contributed by atoms with Crippen LogP contribution in [0.15, 0.2) is 5.38 Å². The summed E-state index contributed by atoms with van der Waals surface area (Å²) in [6.07, 6.45) is 0. The van der Waals surface area contributed by atoms with Crippen molar-refractivity contribution in [2.24, 2.45) is 0 Å². The van der Waals surface area contributed by atoms with E-state index >= 15 is 0 Å². The largest absolute Gasteiger partial charge is 0.477 e. The van der Waals surface area contributed by atoms with Crippen LogP contribution in [0, 0.1) is 6.57 Å². The van der Waals surface area contributed by atoms with Gasteiger partial charge >= 0.3 is 5.97 Å². The van der Waals surface area contributed by atoms with Crippen LogP contribution >= 0.6 is 22.9 Å². The summed E-state index contributed by atoms with van der Waals surface area (Å²) in [5.74, 6) is -1.09. The van der Waals surface area contributed by atoms with Crippen molar-refractivity contribution in [3.05, 3.63) is 26.7 Å². The normalized spacial score (nSPS) is 9.09. The smallest absolute Gasteiger partial charge is 0.346 e. The molecule has 0 bridgehead atoms. The zero-order valence-corrected chi connectivity index (χ0v) is 6.74. The molecule has 1 rings (SSSR count). The molecule has 3 nitrogen and oxygen atoms in total. The molecule has 11 heavy (non-hydrogen) atoms. The van der Waals surface area contributed by atoms with Crippen molar-refractivity contribution in [1.29, 1.82) is 0 Å². The van der Waals surface area contributed by atoms with Crippen LogP contribution in [0.2, 0.25) is 5.02 Å². The molecule has 0 aliphatic carbocycles. The third-order valence-corrected chi connectivity index (χ3v) is 2.48. The molecule has 1 heterocycles. The summed E-state index contributed by atoms with van der Waals surface area (Å²) >= 11 is 6.50. The lowest BCUT2D eigenvalue weighted by Crippen LogP contribution is -1.91. The second kappa shape index (κ2) is 2.91. The van der Waals surface area contributed by atoms with E-state index in [1.54, 1.807) is 0 Å². The fraction of sp³-hybridized carbons (Fsp3) is 0. The predicted molar refractivity (Wildman–Crippen MR) is 42.6 cm³/mol. The van der Waals surface area contributed by atoms with Crippen molar-refractivity contribution in [1.82, 2.24) is 0 Å². The molecule has 0 aromatic carbocycles. The van der Waals surface area contributed by atoms with Gasteiger partial charge < -0.3 is 5.11 Å². The van der Waals surface area contributed by atoms with Crippen molar-refractivity contribution in [2.45, 2.75) is 0 Å². The van der Waals surface area contributed by atoms with Crippen LogP contribution < -0.4 is 0 Å². The Bertz CT molecular complexity index is 339. The van der Waals surface area contributed by atoms with Gasteiger partial charge in [0.05, 0.1) is 11.6 Å². The average molecular weight is 188 g/mol. The fourth-order valence-electron chi connectivity index (χ4n) is 0.554. The van der Waals surface area contributed by atoms with Gasteiger partial charge in [-0.25, -0.2) is 9.64 Å². The van der Waals surface area contributed by atoms with Crippen LogP contribution in [0.1, 0.15) is 9.67 Å². The van der Waals surface area contributed by atoms with Crippen molar-refractivity contribution in [3.8, 4) is 0 Å². The molecule has 0 radical (unpaired) electrons. The summed E-state index contributed by atoms with van der Waals surface area (Å²) in [5, 5.41) is 9.97. The number of carbonyl (C=O) groups is 1. The van der Waals surface area contributed by atoms with Crippen molar-refractivity contribution in [2.75, 3.05) is 0 Å². The molecular weight excluding hydrogens is 186 g/mol. The topological polar surface area (TPSA) is 41.7 Å². The Balaban J connectivity index is 3.24. The number of hydrogen-bond acceptors (Lipinski definition) is 2. The molecule has 1 aromatic heterocycles. The molecular formula is C6H2ClNO2S. The van der Waals surface area contributed by atoms with Crippen LogP contribution in [0.25, 0.3) is 4.85 Å². The first-order valence-electron chi connectivity index (χ1n) is 2.54. The van der Waals surface area contributed by atoms with Gasteiger partial charge in [-0.05, 0) is 5.38 Å². The highest BCUT2D eigenvalue weighted by atomic mass is 35.5. The number of carboxylic acid groups (broad SMARTS) is 1. The van der Waals surface area contributed by atoms with Crippen LogP contribution in [-0.4, -0.2) is 11.1 Å². The Morgan fingerprint density at radius 3 is 2.73 bits per heavy atom. The first-order chi connectivity index (χ1) is 5.16. The SMILES string of the molecule is [C-]#[N+]c1csc(C(=O)O)c1Cl. The summed E-state index contributed by atoms with van der Waals surface area (Å²) in [4.78, 5) is 13.4. The fourth-order valence-corrected chi connectivity index (χ4v) is 1.64. The molecule has 0 spiro atoms. The van der Waals surface area contributed by atoms with Crippen LogP contribution in [0.3, 0.4) is 0 Å². The summed E-state index contributed by atoms with van der Waals surface area (Å²) < 4.78 is 0. The van der Waals surface area contributed by atoms with Crippen LogP contribution in [0.4, 0.5) is 5.69 Å². The highest BCUT2D eigenvalue weighted by Crippen LogP contribution is 2.34. The van der Waals surface area contributed by atoms with Gasteiger partial charge in [-0.3, -0.25) is 0 Å². The lowest BCUT2D eigenvalue weighted by molar-refractivity contribution is 0.0702. The van der Waals surface area contributed by atoms with Crippen LogP contribution in [0.5, 0.6) is 0 Å². The zero-order valence-electron chi connectivity index (χ0n) is 5.17. The number of rotatable bonds is 1. The maximum atomic E-state index is 10.4. The van der Waals surface area contributed by atoms with E-state index in [2.05, 4.69) is 4.85 Å². The summed E-state index contributed by atoms with van der Waals surface area (Å²) in [6.45, 7) is 6.59. The van der Waals surface area contributed by atoms with Crippen LogP contribution in [-0.2, 0) is 0 Å². The Morgan fingerprint density at radius 1 is 1.82 bits per heavy atom. The lowest BCUT2D eigenvalue weighted by atomic mass is 10.4. The molecule has 0 unspecified atom stereocenters. The molecule has 0 aliphatic heterocycles. The molecule has 0 fully saturated rings. The first kappa shape index (κ1) is 8.05. The quantitative estimate of drug-likeness (QED) is 0.687. The van der Waals surface area contributed by atoms with Gasteiger partial charge in [-0.2, -0.15) is 0 Å². The van der Waals surface area contributed by atoms with E-state index in [0.717, 1.165) is 11.3 Å². The van der Waals surface area contributed by atoms with E-state index in [1.807, 2.05) is 0 Å². The van der Waals surface area contributed by atoms with E-state index in [4.69, 9.17) is 23.3 Å². The molecule has 0 amide bonds. The Morgan fingerprint density at radius 2 is 2.45 bits per heavy atom. The number of carboxylic acids is 1. The van der Waals surface area contributed by atoms with E-state index in [9.17, 15) is 4.79 Å². The minimum atomic E-state index is -1.09. The van der Waals surface area contributed by atoms with Crippen molar-refractivity contribution >= 4 is 34.6 Å². The molecule has 56 valence electrons. The molecule has 0 saturated carbocycles. The highest BCUT2D eigenvalue weighted by molar-refractivity contribution is 7.13. The van der Waals surface area contributed by atoms with Gasteiger partial charge in [-0.1, -0.05) is 11.6 Å². The van der Waals surface area contributed by atoms with Gasteiger partial charge in [0, 0.05) is 0 Å². The van der Waals surface area contributed by atoms with E-state index in [1.165, 1.54) is 5.38 Å². The summed E-state index contributed by atoms with van der Waals surface area (Å²) in [6, 6.07) is 0. The van der Waals surface area contributed by atoms with Gasteiger partial charge in [0.2, 0.25) is 5.69 Å². The second-order valence-corrected chi connectivity index (χ2v) is 2.94. The maximum absolute atomic E-state index is 10.4. The number of hydrogen-bond donors (Lipinski definition) is 1. The predicted octanol–water partition coefficient (Wildman–Crippen LogP) is 2.65. The van der Waals surface area contributed by atoms with Gasteiger partial charge in [-0.15, -0.1) is 11.3 Å². The second-order valence-electron chi connectivity index (χ2n) is 1.68. The molecule has 5 heteroatoms. The number of aromatic carboxylic acids is 1. The Hall–Kier alpha value is -1.05. The summed E-state index contributed by atoms with van der Waals surface area (Å²) in [5.41, 5.74) is 0.203. The lowest BCUT2D eigenvalue weighted by Gasteiger charge is -1.86. The average Bonchev–Trinajstić information content (AvgIpc) is 2.30. The Labute approximate surface area is 71.7 Å². The van der Waals surface area contributed by atoms with Crippen molar-refractivity contribution in [3.63, 3.8) is 0 Å². The first-order valence-corrected chi connectivity index (χ1v) is 3.80. The molecule has 0 atom stereocenters. The van der Waals surface area contributed by atoms with Gasteiger partial charge in [0.25, 0.3) is 0 Å². The van der Waals surface area contributed by atoms with Crippen molar-refractivity contribution < 1.29 is 9.90 Å². The number of thiophene rings is 1. The van der Waals surface area contributed by atoms with Gasteiger partial charge in [0.15, 0.2) is 0 Å². The minimum absolute atomic E-state index is 0.0256. The monoisotopic (exact) mass is 187 g/mol. The molecule has 1 N–H and O–H groups in total. The molecule has 1 aromatic rings. The summed E-state index contributed by atoms with van der Waals surface area (Å²) in [7, 11) is 0.